The highest BCUT2D eigenvalue weighted by atomic mass is 127. The molecule has 2 aromatic rings. The molecule has 9 heteroatoms. The number of nitrogens with one attached hydrogen (secondary N) is 3. The lowest BCUT2D eigenvalue weighted by atomic mass is 10.1. The fourth-order valence-electron chi connectivity index (χ4n) is 2.73. The van der Waals surface area contributed by atoms with Crippen LogP contribution >= 0.6 is 35.3 Å². The van der Waals surface area contributed by atoms with Crippen LogP contribution in [0.3, 0.4) is 0 Å². The number of anilines is 1. The van der Waals surface area contributed by atoms with Crippen molar-refractivity contribution in [3.8, 4) is 0 Å². The minimum atomic E-state index is -0.514. The number of thiazole rings is 1. The van der Waals surface area contributed by atoms with Gasteiger partial charge in [0.15, 0.2) is 5.96 Å². The Kier molecular flexibility index (Phi) is 12.0. The maximum atomic E-state index is 11.8. The SMILES string of the molecule is CN=C(NCCc1ccc(NC(=O)OC(C)(C)C)cc1)NCCc1csc(C(C)C)n1.I. The molecular weight excluding hydrogens is 537 g/mol. The predicted octanol–water partition coefficient (Wildman–Crippen LogP) is 5.18. The predicted molar refractivity (Wildman–Crippen MR) is 145 cm³/mol. The number of aromatic nitrogens is 1. The second kappa shape index (κ2) is 13.6. The molecule has 1 amide bonds. The van der Waals surface area contributed by atoms with E-state index in [1.54, 1.807) is 18.4 Å². The van der Waals surface area contributed by atoms with E-state index in [-0.39, 0.29) is 24.0 Å². The molecule has 7 nitrogen and oxygen atoms in total. The third kappa shape index (κ3) is 10.6. The van der Waals surface area contributed by atoms with E-state index < -0.39 is 11.7 Å². The lowest BCUT2D eigenvalue weighted by Gasteiger charge is -2.19. The number of amides is 1. The van der Waals surface area contributed by atoms with Gasteiger partial charge in [0.25, 0.3) is 0 Å². The number of guanidine groups is 1. The molecule has 0 aliphatic carbocycles. The zero-order valence-corrected chi connectivity index (χ0v) is 23.0. The van der Waals surface area contributed by atoms with E-state index in [9.17, 15) is 4.79 Å². The first kappa shape index (κ1) is 28.2. The first-order valence-electron chi connectivity index (χ1n) is 10.6. The molecular formula is C23H36IN5O2S. The summed E-state index contributed by atoms with van der Waals surface area (Å²) in [5.74, 6) is 1.26. The first-order chi connectivity index (χ1) is 14.7. The number of benzene rings is 1. The summed E-state index contributed by atoms with van der Waals surface area (Å²) in [5, 5.41) is 12.7. The van der Waals surface area contributed by atoms with Crippen molar-refractivity contribution in [1.82, 2.24) is 15.6 Å². The van der Waals surface area contributed by atoms with Crippen LogP contribution in [0.4, 0.5) is 10.5 Å². The number of hydrogen-bond acceptors (Lipinski definition) is 5. The maximum absolute atomic E-state index is 11.8. The minimum Gasteiger partial charge on any atom is -0.444 e. The van der Waals surface area contributed by atoms with Crippen molar-refractivity contribution in [2.45, 2.75) is 59.0 Å². The maximum Gasteiger partial charge on any atom is 0.412 e. The van der Waals surface area contributed by atoms with E-state index in [0.29, 0.717) is 11.6 Å². The smallest absolute Gasteiger partial charge is 0.412 e. The van der Waals surface area contributed by atoms with Gasteiger partial charge >= 0.3 is 6.09 Å². The second-order valence-electron chi connectivity index (χ2n) is 8.58. The van der Waals surface area contributed by atoms with Crippen LogP contribution in [-0.2, 0) is 17.6 Å². The van der Waals surface area contributed by atoms with Crippen LogP contribution in [0.1, 0.15) is 56.8 Å². The summed E-state index contributed by atoms with van der Waals surface area (Å²) in [7, 11) is 1.77. The largest absolute Gasteiger partial charge is 0.444 e. The Hall–Kier alpha value is -1.88. The molecule has 0 bridgehead atoms. The van der Waals surface area contributed by atoms with Crippen LogP contribution in [0, 0.1) is 0 Å². The van der Waals surface area contributed by atoms with Crippen LogP contribution in [0.5, 0.6) is 0 Å². The van der Waals surface area contributed by atoms with Crippen molar-refractivity contribution in [2.24, 2.45) is 4.99 Å². The molecule has 0 saturated heterocycles. The van der Waals surface area contributed by atoms with Crippen molar-refractivity contribution in [3.63, 3.8) is 0 Å². The van der Waals surface area contributed by atoms with Crippen LogP contribution < -0.4 is 16.0 Å². The monoisotopic (exact) mass is 573 g/mol. The lowest BCUT2D eigenvalue weighted by Crippen LogP contribution is -2.39. The molecule has 2 rings (SSSR count). The number of hydrogen-bond donors (Lipinski definition) is 3. The Balaban J connectivity index is 0.00000512. The molecule has 0 fully saturated rings. The number of ether oxygens (including phenoxy) is 1. The highest BCUT2D eigenvalue weighted by Gasteiger charge is 2.16. The molecule has 1 aromatic carbocycles. The average molecular weight is 574 g/mol. The van der Waals surface area contributed by atoms with Gasteiger partial charge in [0.05, 0.1) is 10.7 Å². The number of aliphatic imine (C=N–C) groups is 1. The summed E-state index contributed by atoms with van der Waals surface area (Å²) in [5.41, 5.74) is 2.49. The van der Waals surface area contributed by atoms with Crippen molar-refractivity contribution in [3.05, 3.63) is 45.9 Å². The van der Waals surface area contributed by atoms with Crippen LogP contribution in [0.2, 0.25) is 0 Å². The van der Waals surface area contributed by atoms with Gasteiger partial charge in [-0.25, -0.2) is 9.78 Å². The van der Waals surface area contributed by atoms with Gasteiger partial charge in [-0.2, -0.15) is 0 Å². The molecule has 3 N–H and O–H groups in total. The fourth-order valence-corrected chi connectivity index (χ4v) is 3.60. The number of rotatable bonds is 8. The minimum absolute atomic E-state index is 0. The van der Waals surface area contributed by atoms with Gasteiger partial charge in [-0.1, -0.05) is 26.0 Å². The quantitative estimate of drug-likeness (QED) is 0.230. The summed E-state index contributed by atoms with van der Waals surface area (Å²) >= 11 is 1.73. The Morgan fingerprint density at radius 1 is 1.12 bits per heavy atom. The van der Waals surface area contributed by atoms with E-state index in [1.165, 1.54) is 10.6 Å². The van der Waals surface area contributed by atoms with E-state index >= 15 is 0 Å². The van der Waals surface area contributed by atoms with Crippen molar-refractivity contribution >= 4 is 53.1 Å². The molecule has 32 heavy (non-hydrogen) atoms. The first-order valence-corrected chi connectivity index (χ1v) is 11.5. The highest BCUT2D eigenvalue weighted by molar-refractivity contribution is 14.0. The standard InChI is InChI=1S/C23H35N5O2S.HI/c1-16(2)20-27-19(15-31-20)12-14-26-21(24-6)25-13-11-17-7-9-18(10-8-17)28-22(29)30-23(3,4)5;/h7-10,15-16H,11-14H2,1-6H3,(H,28,29)(H2,24,25,26);1H. The Labute approximate surface area is 212 Å². The lowest BCUT2D eigenvalue weighted by molar-refractivity contribution is 0.0636. The van der Waals surface area contributed by atoms with Crippen molar-refractivity contribution in [2.75, 3.05) is 25.5 Å². The molecule has 0 atom stereocenters. The summed E-state index contributed by atoms with van der Waals surface area (Å²) in [6.07, 6.45) is 1.27. The van der Waals surface area contributed by atoms with Crippen molar-refractivity contribution in [1.29, 1.82) is 0 Å². The van der Waals surface area contributed by atoms with E-state index in [4.69, 9.17) is 4.74 Å². The third-order valence-electron chi connectivity index (χ3n) is 4.27. The van der Waals surface area contributed by atoms with Gasteiger partial charge in [-0.3, -0.25) is 10.3 Å². The van der Waals surface area contributed by atoms with E-state index in [0.717, 1.165) is 37.6 Å². The average Bonchev–Trinajstić information content (AvgIpc) is 3.16. The molecule has 0 spiro atoms. The number of halogens is 1. The molecule has 1 heterocycles. The Morgan fingerprint density at radius 2 is 1.75 bits per heavy atom. The Morgan fingerprint density at radius 3 is 2.28 bits per heavy atom. The number of carbonyl (C=O) groups is 1. The molecule has 0 saturated carbocycles. The fraction of sp³-hybridized carbons (Fsp3) is 0.522. The van der Waals surface area contributed by atoms with Gasteiger partial charge in [-0.15, -0.1) is 35.3 Å². The zero-order valence-electron chi connectivity index (χ0n) is 19.8. The topological polar surface area (TPSA) is 87.6 Å². The van der Waals surface area contributed by atoms with E-state index in [2.05, 4.69) is 45.2 Å². The molecule has 1 aromatic heterocycles. The van der Waals surface area contributed by atoms with E-state index in [1.807, 2.05) is 45.0 Å². The van der Waals surface area contributed by atoms with Gasteiger partial charge in [0.1, 0.15) is 5.60 Å². The van der Waals surface area contributed by atoms with Crippen molar-refractivity contribution < 1.29 is 9.53 Å². The molecule has 0 radical (unpaired) electrons. The molecule has 0 unspecified atom stereocenters. The molecule has 0 aliphatic rings. The summed E-state index contributed by atoms with van der Waals surface area (Å²) < 4.78 is 5.26. The second-order valence-corrected chi connectivity index (χ2v) is 9.47. The zero-order chi connectivity index (χ0) is 22.9. The number of nitrogens with zero attached hydrogens (tertiary/aromatic N) is 2. The van der Waals surface area contributed by atoms with Gasteiger partial charge in [-0.05, 0) is 44.9 Å². The summed E-state index contributed by atoms with van der Waals surface area (Å²) in [4.78, 5) is 20.8. The normalized spacial score (nSPS) is 11.7. The molecule has 178 valence electrons. The number of carbonyl (C=O) groups excluding carboxylic acids is 1. The van der Waals surface area contributed by atoms with Crippen LogP contribution in [-0.4, -0.2) is 42.8 Å². The summed E-state index contributed by atoms with van der Waals surface area (Å²) in [6.45, 7) is 11.4. The van der Waals surface area contributed by atoms with Gasteiger partial charge in [0.2, 0.25) is 0 Å². The molecule has 0 aliphatic heterocycles. The van der Waals surface area contributed by atoms with Crippen LogP contribution in [0.15, 0.2) is 34.6 Å². The summed E-state index contributed by atoms with van der Waals surface area (Å²) in [6, 6.07) is 7.76. The third-order valence-corrected chi connectivity index (χ3v) is 5.46. The Bertz CT molecular complexity index is 860. The van der Waals surface area contributed by atoms with Gasteiger partial charge < -0.3 is 15.4 Å². The highest BCUT2D eigenvalue weighted by Crippen LogP contribution is 2.19. The van der Waals surface area contributed by atoms with Gasteiger partial charge in [0, 0.05) is 43.5 Å². The van der Waals surface area contributed by atoms with Crippen LogP contribution in [0.25, 0.3) is 0 Å².